The number of hydrogen-bond acceptors (Lipinski definition) is 3. The van der Waals surface area contributed by atoms with E-state index in [9.17, 15) is 18.0 Å². The smallest absolute Gasteiger partial charge is 0.382 e. The predicted molar refractivity (Wildman–Crippen MR) is 72.7 cm³/mol. The maximum Gasteiger partial charge on any atom is 0.408 e. The molecule has 1 saturated carbocycles. The second-order valence-corrected chi connectivity index (χ2v) is 5.95. The van der Waals surface area contributed by atoms with Gasteiger partial charge in [-0.05, 0) is 40.6 Å². The van der Waals surface area contributed by atoms with Crippen LogP contribution in [-0.4, -0.2) is 22.5 Å². The fourth-order valence-corrected chi connectivity index (χ4v) is 2.43. The Kier molecular flexibility index (Phi) is 4.13. The lowest BCUT2D eigenvalue weighted by molar-refractivity contribution is -0.143. The van der Waals surface area contributed by atoms with E-state index in [1.165, 1.54) is 6.20 Å². The van der Waals surface area contributed by atoms with Gasteiger partial charge in [0.05, 0.1) is 11.9 Å². The molecule has 20 heavy (non-hydrogen) atoms. The molecule has 0 bridgehead atoms. The minimum Gasteiger partial charge on any atom is -0.382 e. The molecule has 1 fully saturated rings. The second-order valence-electron chi connectivity index (χ2n) is 5.16. The van der Waals surface area contributed by atoms with Gasteiger partial charge in [0, 0.05) is 6.54 Å². The molecule has 1 N–H and O–H groups in total. The van der Waals surface area contributed by atoms with Crippen molar-refractivity contribution in [2.24, 2.45) is 5.41 Å². The van der Waals surface area contributed by atoms with Crippen LogP contribution in [0.25, 0.3) is 0 Å². The molecule has 1 heterocycles. The van der Waals surface area contributed by atoms with Gasteiger partial charge in [0.2, 0.25) is 0 Å². The summed E-state index contributed by atoms with van der Waals surface area (Å²) in [6.45, 7) is 1.42. The Labute approximate surface area is 122 Å². The number of hydrogen-bond donors (Lipinski definition) is 1. The molecule has 8 heteroatoms. The molecule has 0 saturated heterocycles. The first-order valence-electron chi connectivity index (χ1n) is 6.33. The van der Waals surface area contributed by atoms with Gasteiger partial charge in [0.15, 0.2) is 0 Å². The number of aromatic nitrogens is 2. The van der Waals surface area contributed by atoms with Crippen molar-refractivity contribution in [1.82, 2.24) is 9.78 Å². The topological polar surface area (TPSA) is 46.9 Å². The lowest BCUT2D eigenvalue weighted by atomic mass is 10.0. The molecule has 0 atom stereocenters. The molecule has 1 aliphatic carbocycles. The maximum atomic E-state index is 12.3. The third-order valence-corrected chi connectivity index (χ3v) is 4.44. The fourth-order valence-electron chi connectivity index (χ4n) is 1.99. The second kappa shape index (κ2) is 5.38. The Morgan fingerprint density at radius 1 is 1.50 bits per heavy atom. The highest BCUT2D eigenvalue weighted by Crippen LogP contribution is 2.48. The van der Waals surface area contributed by atoms with Crippen LogP contribution in [0, 0.1) is 5.41 Å². The molecule has 1 aromatic rings. The van der Waals surface area contributed by atoms with Crippen molar-refractivity contribution >= 4 is 21.6 Å². The molecule has 0 spiro atoms. The summed E-state index contributed by atoms with van der Waals surface area (Å²) in [4.78, 5) is 11.8. The summed E-state index contributed by atoms with van der Waals surface area (Å²) in [5, 5.41) is 6.66. The molecule has 0 aliphatic heterocycles. The first kappa shape index (κ1) is 15.3. The Morgan fingerprint density at radius 2 is 2.15 bits per heavy atom. The Morgan fingerprint density at radius 3 is 2.65 bits per heavy atom. The van der Waals surface area contributed by atoms with Crippen LogP contribution >= 0.6 is 15.9 Å². The van der Waals surface area contributed by atoms with Gasteiger partial charge in [-0.1, -0.05) is 6.92 Å². The molecule has 1 aliphatic rings. The van der Waals surface area contributed by atoms with Gasteiger partial charge >= 0.3 is 6.18 Å². The Balaban J connectivity index is 2.12. The van der Waals surface area contributed by atoms with Crippen LogP contribution in [0.1, 0.15) is 26.2 Å². The Bertz CT molecular complexity index is 552. The Hall–Kier alpha value is -1.05. The summed E-state index contributed by atoms with van der Waals surface area (Å²) in [5.74, 6) is 0. The lowest BCUT2D eigenvalue weighted by Crippen LogP contribution is -2.31. The average Bonchev–Trinajstić information content (AvgIpc) is 3.13. The van der Waals surface area contributed by atoms with Crippen LogP contribution < -0.4 is 10.9 Å². The van der Waals surface area contributed by atoms with Crippen LogP contribution in [0.2, 0.25) is 0 Å². The van der Waals surface area contributed by atoms with E-state index in [2.05, 4.69) is 33.3 Å². The zero-order valence-corrected chi connectivity index (χ0v) is 12.5. The largest absolute Gasteiger partial charge is 0.408 e. The average molecular weight is 354 g/mol. The molecular weight excluding hydrogens is 339 g/mol. The molecule has 0 amide bonds. The first-order chi connectivity index (χ1) is 9.26. The third kappa shape index (κ3) is 3.53. The van der Waals surface area contributed by atoms with Gasteiger partial charge in [0.1, 0.15) is 11.0 Å². The van der Waals surface area contributed by atoms with Gasteiger partial charge in [-0.25, -0.2) is 4.68 Å². The van der Waals surface area contributed by atoms with Crippen LogP contribution in [0.5, 0.6) is 0 Å². The van der Waals surface area contributed by atoms with Crippen molar-refractivity contribution in [3.8, 4) is 0 Å². The fraction of sp³-hybridized carbons (Fsp3) is 0.667. The van der Waals surface area contributed by atoms with Crippen molar-refractivity contribution in [1.29, 1.82) is 0 Å². The molecule has 1 aromatic heterocycles. The van der Waals surface area contributed by atoms with E-state index >= 15 is 0 Å². The molecule has 0 radical (unpaired) electrons. The van der Waals surface area contributed by atoms with Crippen LogP contribution in [0.4, 0.5) is 18.9 Å². The van der Waals surface area contributed by atoms with E-state index in [4.69, 9.17) is 0 Å². The highest BCUT2D eigenvalue weighted by molar-refractivity contribution is 9.10. The minimum atomic E-state index is -4.47. The normalized spacial score (nSPS) is 17.1. The summed E-state index contributed by atoms with van der Waals surface area (Å²) in [6.07, 6.45) is 0.0873. The predicted octanol–water partition coefficient (Wildman–Crippen LogP) is 3.17. The summed E-state index contributed by atoms with van der Waals surface area (Å²) >= 11 is 3.05. The third-order valence-electron chi connectivity index (χ3n) is 3.67. The van der Waals surface area contributed by atoms with Crippen molar-refractivity contribution in [3.05, 3.63) is 21.0 Å². The maximum absolute atomic E-state index is 12.3. The van der Waals surface area contributed by atoms with Crippen LogP contribution in [-0.2, 0) is 6.54 Å². The monoisotopic (exact) mass is 353 g/mol. The van der Waals surface area contributed by atoms with Crippen molar-refractivity contribution < 1.29 is 13.2 Å². The summed E-state index contributed by atoms with van der Waals surface area (Å²) in [7, 11) is 0. The van der Waals surface area contributed by atoms with E-state index in [1.807, 2.05) is 0 Å². The number of halogens is 4. The number of nitrogens with one attached hydrogen (secondary N) is 1. The number of anilines is 1. The number of rotatable bonds is 5. The van der Waals surface area contributed by atoms with E-state index in [1.54, 1.807) is 0 Å². The van der Waals surface area contributed by atoms with Crippen molar-refractivity contribution in [2.45, 2.75) is 38.9 Å². The molecule has 0 unspecified atom stereocenters. The first-order valence-corrected chi connectivity index (χ1v) is 7.12. The standard InChI is InChI=1S/C12H15BrF3N3O/c1-2-11(3-4-11)6-17-8-5-18-19(7-12(14,15)16)10(20)9(8)13/h5,17H,2-4,6-7H2,1H3. The quantitative estimate of drug-likeness (QED) is 0.884. The molecular formula is C12H15BrF3N3O. The minimum absolute atomic E-state index is 0.0867. The van der Waals surface area contributed by atoms with Gasteiger partial charge in [0.25, 0.3) is 5.56 Å². The van der Waals surface area contributed by atoms with E-state index in [-0.39, 0.29) is 9.89 Å². The van der Waals surface area contributed by atoms with Crippen molar-refractivity contribution in [2.75, 3.05) is 11.9 Å². The van der Waals surface area contributed by atoms with Crippen molar-refractivity contribution in [3.63, 3.8) is 0 Å². The van der Waals surface area contributed by atoms with Gasteiger partial charge in [-0.2, -0.15) is 18.3 Å². The van der Waals surface area contributed by atoms with Crippen LogP contribution in [0.15, 0.2) is 15.5 Å². The summed E-state index contributed by atoms with van der Waals surface area (Å²) < 4.78 is 37.3. The van der Waals surface area contributed by atoms with E-state index < -0.39 is 18.3 Å². The number of alkyl halides is 3. The van der Waals surface area contributed by atoms with E-state index in [0.717, 1.165) is 19.3 Å². The zero-order chi connectivity index (χ0) is 15.0. The lowest BCUT2D eigenvalue weighted by Gasteiger charge is -2.16. The summed E-state index contributed by atoms with van der Waals surface area (Å²) in [6, 6.07) is 0. The highest BCUT2D eigenvalue weighted by Gasteiger charge is 2.40. The molecule has 4 nitrogen and oxygen atoms in total. The zero-order valence-electron chi connectivity index (χ0n) is 10.9. The molecule has 0 aromatic carbocycles. The van der Waals surface area contributed by atoms with Gasteiger partial charge in [-0.15, -0.1) is 0 Å². The SMILES string of the molecule is CCC1(CNc2cnn(CC(F)(F)F)c(=O)c2Br)CC1. The van der Waals surface area contributed by atoms with Gasteiger partial charge in [-0.3, -0.25) is 4.79 Å². The van der Waals surface area contributed by atoms with Crippen LogP contribution in [0.3, 0.4) is 0 Å². The highest BCUT2D eigenvalue weighted by atomic mass is 79.9. The van der Waals surface area contributed by atoms with E-state index in [0.29, 0.717) is 16.9 Å². The molecule has 112 valence electrons. The molecule has 2 rings (SSSR count). The number of nitrogens with zero attached hydrogens (tertiary/aromatic N) is 2. The summed E-state index contributed by atoms with van der Waals surface area (Å²) in [5.41, 5.74) is -0.0814. The van der Waals surface area contributed by atoms with Gasteiger partial charge < -0.3 is 5.32 Å².